The van der Waals surface area contributed by atoms with Gasteiger partial charge in [0.2, 0.25) is 11.8 Å². The SMILES string of the molecule is O=C1CC[C@@]2(CC2c2ccc(C(F)(F)F)cc2)C(=O)N1Cc1ccccc1. The lowest BCUT2D eigenvalue weighted by Crippen LogP contribution is -2.46. The van der Waals surface area contributed by atoms with Gasteiger partial charge in [0.1, 0.15) is 0 Å². The van der Waals surface area contributed by atoms with Crippen LogP contribution in [0, 0.1) is 5.41 Å². The number of nitrogens with zero attached hydrogens (tertiary/aromatic N) is 1. The number of likely N-dealkylation sites (tertiary alicyclic amines) is 1. The van der Waals surface area contributed by atoms with Gasteiger partial charge in [-0.25, -0.2) is 0 Å². The molecule has 4 rings (SSSR count). The first-order chi connectivity index (χ1) is 12.8. The van der Waals surface area contributed by atoms with Crippen molar-refractivity contribution < 1.29 is 22.8 Å². The number of carbonyl (C=O) groups excluding carboxylic acids is 2. The van der Waals surface area contributed by atoms with E-state index >= 15 is 0 Å². The van der Waals surface area contributed by atoms with Crippen molar-refractivity contribution in [3.63, 3.8) is 0 Å². The fourth-order valence-electron chi connectivity index (χ4n) is 4.04. The van der Waals surface area contributed by atoms with Crippen molar-refractivity contribution in [3.05, 3.63) is 71.3 Å². The maximum Gasteiger partial charge on any atom is 0.416 e. The van der Waals surface area contributed by atoms with Crippen molar-refractivity contribution >= 4 is 11.8 Å². The van der Waals surface area contributed by atoms with Crippen LogP contribution in [0.3, 0.4) is 0 Å². The Morgan fingerprint density at radius 2 is 1.67 bits per heavy atom. The maximum absolute atomic E-state index is 13.1. The van der Waals surface area contributed by atoms with Crippen LogP contribution in [-0.2, 0) is 22.3 Å². The van der Waals surface area contributed by atoms with Crippen LogP contribution in [0.4, 0.5) is 13.2 Å². The maximum atomic E-state index is 13.1. The molecule has 1 saturated carbocycles. The van der Waals surface area contributed by atoms with Gasteiger partial charge in [0, 0.05) is 6.42 Å². The van der Waals surface area contributed by atoms with Gasteiger partial charge < -0.3 is 0 Å². The van der Waals surface area contributed by atoms with Crippen molar-refractivity contribution in [2.24, 2.45) is 5.41 Å². The molecule has 140 valence electrons. The monoisotopic (exact) mass is 373 g/mol. The standard InChI is InChI=1S/C21H18F3NO2/c22-21(23,24)16-8-6-15(7-9-16)17-12-20(17)11-10-18(26)25(19(20)27)13-14-4-2-1-3-5-14/h1-9,17H,10-13H2/t17?,20-/m0/s1. The number of imide groups is 1. The average Bonchev–Trinajstić information content (AvgIpc) is 3.38. The minimum Gasteiger partial charge on any atom is -0.278 e. The zero-order valence-electron chi connectivity index (χ0n) is 14.5. The molecular formula is C21H18F3NO2. The summed E-state index contributed by atoms with van der Waals surface area (Å²) in [5.74, 6) is -0.515. The Kier molecular flexibility index (Phi) is 4.09. The van der Waals surface area contributed by atoms with Gasteiger partial charge in [0.25, 0.3) is 0 Å². The van der Waals surface area contributed by atoms with Crippen molar-refractivity contribution in [2.75, 3.05) is 0 Å². The molecule has 27 heavy (non-hydrogen) atoms. The van der Waals surface area contributed by atoms with Gasteiger partial charge in [-0.15, -0.1) is 0 Å². The molecule has 3 nitrogen and oxygen atoms in total. The summed E-state index contributed by atoms with van der Waals surface area (Å²) in [4.78, 5) is 26.7. The highest BCUT2D eigenvalue weighted by Gasteiger charge is 2.63. The number of rotatable bonds is 3. The Bertz CT molecular complexity index is 877. The van der Waals surface area contributed by atoms with Crippen LogP contribution in [-0.4, -0.2) is 16.7 Å². The first kappa shape index (κ1) is 17.8. The number of hydrogen-bond acceptors (Lipinski definition) is 2. The van der Waals surface area contributed by atoms with Gasteiger partial charge in [0.15, 0.2) is 0 Å². The van der Waals surface area contributed by atoms with E-state index in [1.54, 1.807) is 0 Å². The summed E-state index contributed by atoms with van der Waals surface area (Å²) in [6.07, 6.45) is -3.05. The highest BCUT2D eigenvalue weighted by molar-refractivity contribution is 6.02. The molecule has 1 aliphatic carbocycles. The lowest BCUT2D eigenvalue weighted by molar-refractivity contribution is -0.154. The van der Waals surface area contributed by atoms with E-state index in [0.29, 0.717) is 12.8 Å². The van der Waals surface area contributed by atoms with E-state index in [2.05, 4.69) is 0 Å². The molecule has 6 heteroatoms. The molecule has 1 unspecified atom stereocenters. The first-order valence-corrected chi connectivity index (χ1v) is 8.87. The van der Waals surface area contributed by atoms with E-state index in [4.69, 9.17) is 0 Å². The Morgan fingerprint density at radius 3 is 2.30 bits per heavy atom. The number of piperidine rings is 1. The van der Waals surface area contributed by atoms with E-state index < -0.39 is 17.2 Å². The molecule has 1 aliphatic heterocycles. The van der Waals surface area contributed by atoms with Crippen LogP contribution in [0.15, 0.2) is 54.6 Å². The number of amides is 2. The van der Waals surface area contributed by atoms with Crippen LogP contribution in [0.1, 0.15) is 41.9 Å². The van der Waals surface area contributed by atoms with Crippen molar-refractivity contribution in [3.8, 4) is 0 Å². The smallest absolute Gasteiger partial charge is 0.278 e. The van der Waals surface area contributed by atoms with Crippen molar-refractivity contribution in [2.45, 2.75) is 37.9 Å². The van der Waals surface area contributed by atoms with Gasteiger partial charge >= 0.3 is 6.18 Å². The molecule has 0 radical (unpaired) electrons. The van der Waals surface area contributed by atoms with Gasteiger partial charge in [-0.3, -0.25) is 14.5 Å². The Morgan fingerprint density at radius 1 is 1.00 bits per heavy atom. The van der Waals surface area contributed by atoms with Gasteiger partial charge in [-0.05, 0) is 42.0 Å². The van der Waals surface area contributed by atoms with Crippen LogP contribution >= 0.6 is 0 Å². The third kappa shape index (κ3) is 3.13. The summed E-state index contributed by atoms with van der Waals surface area (Å²) >= 11 is 0. The molecule has 1 saturated heterocycles. The van der Waals surface area contributed by atoms with Gasteiger partial charge in [-0.2, -0.15) is 13.2 Å². The molecule has 2 atom stereocenters. The Balaban J connectivity index is 1.54. The number of alkyl halides is 3. The molecular weight excluding hydrogens is 355 g/mol. The molecule has 2 aromatic rings. The number of hydrogen-bond donors (Lipinski definition) is 0. The minimum absolute atomic E-state index is 0.126. The third-order valence-electron chi connectivity index (χ3n) is 5.66. The number of carbonyl (C=O) groups is 2. The summed E-state index contributed by atoms with van der Waals surface area (Å²) in [6, 6.07) is 14.3. The molecule has 1 heterocycles. The second-order valence-corrected chi connectivity index (χ2v) is 7.30. The topological polar surface area (TPSA) is 37.4 Å². The molecule has 2 fully saturated rings. The van der Waals surface area contributed by atoms with E-state index in [1.807, 2.05) is 30.3 Å². The van der Waals surface area contributed by atoms with Gasteiger partial charge in [0.05, 0.1) is 17.5 Å². The second kappa shape index (κ2) is 6.22. The van der Waals surface area contributed by atoms with Crippen LogP contribution in [0.5, 0.6) is 0 Å². The summed E-state index contributed by atoms with van der Waals surface area (Å²) in [6.45, 7) is 0.236. The average molecular weight is 373 g/mol. The predicted molar refractivity (Wildman–Crippen MR) is 92.5 cm³/mol. The zero-order valence-corrected chi connectivity index (χ0v) is 14.5. The van der Waals surface area contributed by atoms with E-state index in [9.17, 15) is 22.8 Å². The summed E-state index contributed by atoms with van der Waals surface area (Å²) in [5, 5.41) is 0. The Hall–Kier alpha value is -2.63. The molecule has 2 aromatic carbocycles. The fraction of sp³-hybridized carbons (Fsp3) is 0.333. The van der Waals surface area contributed by atoms with Crippen LogP contribution in [0.25, 0.3) is 0 Å². The number of benzene rings is 2. The van der Waals surface area contributed by atoms with Crippen LogP contribution in [0.2, 0.25) is 0 Å². The van der Waals surface area contributed by atoms with Gasteiger partial charge in [-0.1, -0.05) is 42.5 Å². The lowest BCUT2D eigenvalue weighted by Gasteiger charge is -2.32. The summed E-state index contributed by atoms with van der Waals surface area (Å²) < 4.78 is 38.2. The third-order valence-corrected chi connectivity index (χ3v) is 5.66. The first-order valence-electron chi connectivity index (χ1n) is 8.87. The largest absolute Gasteiger partial charge is 0.416 e. The minimum atomic E-state index is -4.38. The van der Waals surface area contributed by atoms with E-state index in [1.165, 1.54) is 17.0 Å². The molecule has 0 N–H and O–H groups in total. The normalized spacial score (nSPS) is 25.1. The predicted octanol–water partition coefficient (Wildman–Crippen LogP) is 4.53. The molecule has 0 aromatic heterocycles. The highest BCUT2D eigenvalue weighted by Crippen LogP contribution is 2.64. The lowest BCUT2D eigenvalue weighted by atomic mass is 9.88. The van der Waals surface area contributed by atoms with Crippen LogP contribution < -0.4 is 0 Å². The highest BCUT2D eigenvalue weighted by atomic mass is 19.4. The summed E-state index contributed by atoms with van der Waals surface area (Å²) in [5.41, 5.74) is 0.257. The van der Waals surface area contributed by atoms with E-state index in [-0.39, 0.29) is 30.7 Å². The van der Waals surface area contributed by atoms with Crippen molar-refractivity contribution in [1.82, 2.24) is 4.90 Å². The van der Waals surface area contributed by atoms with Crippen molar-refractivity contribution in [1.29, 1.82) is 0 Å². The Labute approximate surface area is 154 Å². The molecule has 0 bridgehead atoms. The summed E-state index contributed by atoms with van der Waals surface area (Å²) in [7, 11) is 0. The second-order valence-electron chi connectivity index (χ2n) is 7.30. The quantitative estimate of drug-likeness (QED) is 0.742. The zero-order chi connectivity index (χ0) is 19.2. The van der Waals surface area contributed by atoms with E-state index in [0.717, 1.165) is 23.3 Å². The molecule has 2 amide bonds. The molecule has 1 spiro atoms. The fourth-order valence-corrected chi connectivity index (χ4v) is 4.04. The molecule has 2 aliphatic rings. The number of halogens is 3.